The van der Waals surface area contributed by atoms with Gasteiger partial charge in [0.1, 0.15) is 10.6 Å². The smallest absolute Gasteiger partial charge is 0.186 e. The van der Waals surface area contributed by atoms with Crippen molar-refractivity contribution in [1.29, 1.82) is 0 Å². The normalized spacial score (nSPS) is 25.5. The first-order chi connectivity index (χ1) is 9.81. The minimum atomic E-state index is -3.42. The molecule has 2 unspecified atom stereocenters. The summed E-state index contributed by atoms with van der Waals surface area (Å²) in [6, 6.07) is 6.88. The van der Waals surface area contributed by atoms with Crippen molar-refractivity contribution >= 4 is 9.84 Å². The van der Waals surface area contributed by atoms with Gasteiger partial charge in [0.2, 0.25) is 0 Å². The number of hydrogen-bond donors (Lipinski definition) is 1. The zero-order valence-corrected chi connectivity index (χ0v) is 14.0. The number of hydrogen-bond acceptors (Lipinski definition) is 4. The van der Waals surface area contributed by atoms with Crippen molar-refractivity contribution in [2.75, 3.05) is 14.2 Å². The number of benzene rings is 1. The summed E-state index contributed by atoms with van der Waals surface area (Å²) >= 11 is 0. The molecule has 2 rings (SSSR count). The first-order valence-corrected chi connectivity index (χ1v) is 8.90. The topological polar surface area (TPSA) is 55.4 Å². The van der Waals surface area contributed by atoms with Crippen LogP contribution in [0.25, 0.3) is 0 Å². The van der Waals surface area contributed by atoms with E-state index in [0.29, 0.717) is 17.1 Å². The van der Waals surface area contributed by atoms with E-state index in [4.69, 9.17) is 4.74 Å². The van der Waals surface area contributed by atoms with Gasteiger partial charge >= 0.3 is 0 Å². The van der Waals surface area contributed by atoms with E-state index < -0.39 is 15.1 Å². The van der Waals surface area contributed by atoms with Gasteiger partial charge in [-0.2, -0.15) is 0 Å². The SMILES string of the molecule is CNC1CCC(C)(C)CC1S(=O)(=O)c1ccccc1OC. The Bertz CT molecular complexity index is 595. The van der Waals surface area contributed by atoms with Gasteiger partial charge < -0.3 is 10.1 Å². The van der Waals surface area contributed by atoms with Gasteiger partial charge in [0.15, 0.2) is 9.84 Å². The Morgan fingerprint density at radius 2 is 1.95 bits per heavy atom. The first kappa shape index (κ1) is 16.3. The Morgan fingerprint density at radius 1 is 1.29 bits per heavy atom. The average Bonchev–Trinajstić information content (AvgIpc) is 2.46. The Kier molecular flexibility index (Phi) is 4.63. The largest absolute Gasteiger partial charge is 0.495 e. The molecule has 1 aromatic rings. The molecular weight excluding hydrogens is 286 g/mol. The van der Waals surface area contributed by atoms with Crippen LogP contribution in [0.4, 0.5) is 0 Å². The van der Waals surface area contributed by atoms with E-state index in [9.17, 15) is 8.42 Å². The van der Waals surface area contributed by atoms with Crippen LogP contribution in [-0.4, -0.2) is 33.9 Å². The molecule has 0 aromatic heterocycles. The van der Waals surface area contributed by atoms with Crippen LogP contribution in [0.5, 0.6) is 5.75 Å². The lowest BCUT2D eigenvalue weighted by atomic mass is 9.75. The van der Waals surface area contributed by atoms with Crippen LogP contribution in [-0.2, 0) is 9.84 Å². The fourth-order valence-electron chi connectivity index (χ4n) is 3.19. The van der Waals surface area contributed by atoms with Gasteiger partial charge in [-0.1, -0.05) is 26.0 Å². The molecule has 1 N–H and O–H groups in total. The number of sulfone groups is 1. The zero-order valence-electron chi connectivity index (χ0n) is 13.2. The third-order valence-corrected chi connectivity index (χ3v) is 6.72. The average molecular weight is 311 g/mol. The summed E-state index contributed by atoms with van der Waals surface area (Å²) in [5.41, 5.74) is 0.0487. The quantitative estimate of drug-likeness (QED) is 0.929. The summed E-state index contributed by atoms with van der Waals surface area (Å²) < 4.78 is 31.5. The van der Waals surface area contributed by atoms with Crippen molar-refractivity contribution < 1.29 is 13.2 Å². The highest BCUT2D eigenvalue weighted by atomic mass is 32.2. The van der Waals surface area contributed by atoms with E-state index in [-0.39, 0.29) is 11.5 Å². The van der Waals surface area contributed by atoms with E-state index in [1.807, 2.05) is 7.05 Å². The standard InChI is InChI=1S/C16H25NO3S/c1-16(2)10-9-12(17-3)15(11-16)21(18,19)14-8-6-5-7-13(14)20-4/h5-8,12,15,17H,9-11H2,1-4H3. The minimum Gasteiger partial charge on any atom is -0.495 e. The lowest BCUT2D eigenvalue weighted by Gasteiger charge is -2.40. The molecule has 1 aliphatic carbocycles. The Morgan fingerprint density at radius 3 is 2.57 bits per heavy atom. The predicted molar refractivity (Wildman–Crippen MR) is 84.4 cm³/mol. The van der Waals surface area contributed by atoms with Crippen LogP contribution in [0.15, 0.2) is 29.2 Å². The second kappa shape index (κ2) is 5.97. The molecule has 118 valence electrons. The fraction of sp³-hybridized carbons (Fsp3) is 0.625. The molecule has 0 heterocycles. The van der Waals surface area contributed by atoms with Crippen molar-refractivity contribution in [3.8, 4) is 5.75 Å². The maximum atomic E-state index is 13.1. The highest BCUT2D eigenvalue weighted by molar-refractivity contribution is 7.92. The van der Waals surface area contributed by atoms with E-state index in [1.165, 1.54) is 7.11 Å². The molecule has 1 fully saturated rings. The van der Waals surface area contributed by atoms with Gasteiger partial charge in [-0.05, 0) is 43.9 Å². The maximum absolute atomic E-state index is 13.1. The molecular formula is C16H25NO3S. The summed E-state index contributed by atoms with van der Waals surface area (Å²) in [7, 11) is -0.0750. The lowest BCUT2D eigenvalue weighted by Crippen LogP contribution is -2.48. The molecule has 4 nitrogen and oxygen atoms in total. The summed E-state index contributed by atoms with van der Waals surface area (Å²) in [4.78, 5) is 0.301. The first-order valence-electron chi connectivity index (χ1n) is 7.36. The fourth-order valence-corrected chi connectivity index (χ4v) is 5.60. The molecule has 0 saturated heterocycles. The number of nitrogens with one attached hydrogen (secondary N) is 1. The minimum absolute atomic E-state index is 0.00654. The molecule has 1 saturated carbocycles. The van der Waals surface area contributed by atoms with Gasteiger partial charge in [-0.3, -0.25) is 0 Å². The number of ether oxygens (including phenoxy) is 1. The lowest BCUT2D eigenvalue weighted by molar-refractivity contribution is 0.213. The van der Waals surface area contributed by atoms with Crippen LogP contribution in [0.2, 0.25) is 0 Å². The summed E-state index contributed by atoms with van der Waals surface area (Å²) in [6.45, 7) is 4.28. The third-order valence-electron chi connectivity index (χ3n) is 4.48. The monoisotopic (exact) mass is 311 g/mol. The molecule has 0 radical (unpaired) electrons. The van der Waals surface area contributed by atoms with Gasteiger partial charge in [0.05, 0.1) is 12.4 Å². The molecule has 5 heteroatoms. The second-order valence-electron chi connectivity index (χ2n) is 6.54. The molecule has 0 aliphatic heterocycles. The van der Waals surface area contributed by atoms with Crippen LogP contribution in [0.3, 0.4) is 0 Å². The number of methoxy groups -OCH3 is 1. The molecule has 2 atom stereocenters. The van der Waals surface area contributed by atoms with Crippen molar-refractivity contribution in [1.82, 2.24) is 5.32 Å². The molecule has 0 amide bonds. The van der Waals surface area contributed by atoms with Crippen LogP contribution >= 0.6 is 0 Å². The maximum Gasteiger partial charge on any atom is 0.186 e. The van der Waals surface area contributed by atoms with E-state index in [0.717, 1.165) is 12.8 Å². The van der Waals surface area contributed by atoms with Crippen LogP contribution in [0, 0.1) is 5.41 Å². The zero-order chi connectivity index (χ0) is 15.7. The van der Waals surface area contributed by atoms with E-state index in [2.05, 4.69) is 19.2 Å². The number of para-hydroxylation sites is 1. The van der Waals surface area contributed by atoms with Crippen molar-refractivity contribution in [2.24, 2.45) is 5.41 Å². The van der Waals surface area contributed by atoms with E-state index in [1.54, 1.807) is 24.3 Å². The highest BCUT2D eigenvalue weighted by Crippen LogP contribution is 2.41. The Labute approximate surface area is 127 Å². The van der Waals surface area contributed by atoms with Crippen molar-refractivity contribution in [3.05, 3.63) is 24.3 Å². The molecule has 0 bridgehead atoms. The Hall–Kier alpha value is -1.07. The predicted octanol–water partition coefficient (Wildman–Crippen LogP) is 2.64. The highest BCUT2D eigenvalue weighted by Gasteiger charge is 2.42. The van der Waals surface area contributed by atoms with Gasteiger partial charge in [-0.25, -0.2) is 8.42 Å². The Balaban J connectivity index is 2.45. The van der Waals surface area contributed by atoms with Crippen molar-refractivity contribution in [3.63, 3.8) is 0 Å². The third kappa shape index (κ3) is 3.24. The summed E-state index contributed by atoms with van der Waals surface area (Å²) in [5.74, 6) is 0.427. The van der Waals surface area contributed by atoms with Gasteiger partial charge in [-0.15, -0.1) is 0 Å². The van der Waals surface area contributed by atoms with Crippen LogP contribution < -0.4 is 10.1 Å². The molecule has 0 spiro atoms. The number of rotatable bonds is 4. The van der Waals surface area contributed by atoms with Crippen molar-refractivity contribution in [2.45, 2.75) is 49.3 Å². The van der Waals surface area contributed by atoms with Crippen LogP contribution in [0.1, 0.15) is 33.1 Å². The van der Waals surface area contributed by atoms with Gasteiger partial charge in [0.25, 0.3) is 0 Å². The summed E-state index contributed by atoms with van der Waals surface area (Å²) in [6.07, 6.45) is 2.58. The summed E-state index contributed by atoms with van der Waals surface area (Å²) in [5, 5.41) is 2.77. The van der Waals surface area contributed by atoms with E-state index >= 15 is 0 Å². The molecule has 1 aliphatic rings. The second-order valence-corrected chi connectivity index (χ2v) is 8.67. The molecule has 21 heavy (non-hydrogen) atoms. The van der Waals surface area contributed by atoms with Gasteiger partial charge in [0, 0.05) is 6.04 Å². The molecule has 1 aromatic carbocycles.